The van der Waals surface area contributed by atoms with Gasteiger partial charge in [0.15, 0.2) is 5.75 Å². The first-order chi connectivity index (χ1) is 25.7. The fourth-order valence-corrected chi connectivity index (χ4v) is 6.18. The van der Waals surface area contributed by atoms with Crippen molar-refractivity contribution in [2.24, 2.45) is 0 Å². The Morgan fingerprint density at radius 1 is 0.849 bits per heavy atom. The largest absolute Gasteiger partial charge is 0.493 e. The number of hydrogen-bond donors (Lipinski definition) is 0. The lowest BCUT2D eigenvalue weighted by molar-refractivity contribution is -0.384. The Balaban J connectivity index is 0.929. The Kier molecular flexibility index (Phi) is 12.4. The van der Waals surface area contributed by atoms with Crippen LogP contribution in [0.15, 0.2) is 109 Å². The number of nitro groups is 1. The number of benzene rings is 4. The summed E-state index contributed by atoms with van der Waals surface area (Å²) in [6.45, 7) is 8.62. The molecule has 53 heavy (non-hydrogen) atoms. The summed E-state index contributed by atoms with van der Waals surface area (Å²) in [5.41, 5.74) is 6.13. The number of carbonyl (C=O) groups excluding carboxylic acids is 1. The molecule has 4 aromatic carbocycles. The molecule has 2 heterocycles. The number of carbonyl (C=O) groups is 1. The Morgan fingerprint density at radius 3 is 2.19 bits per heavy atom. The molecule has 5 aromatic rings. The van der Waals surface area contributed by atoms with Crippen molar-refractivity contribution in [2.45, 2.75) is 33.4 Å². The molecule has 0 aliphatic carbocycles. The van der Waals surface area contributed by atoms with Crippen molar-refractivity contribution in [3.63, 3.8) is 0 Å². The van der Waals surface area contributed by atoms with Crippen LogP contribution in [0.2, 0.25) is 5.02 Å². The maximum Gasteiger partial charge on any atom is 0.269 e. The Hall–Kier alpha value is -5.71. The normalized spacial score (nSPS) is 13.2. The zero-order valence-electron chi connectivity index (χ0n) is 29.7. The van der Waals surface area contributed by atoms with Gasteiger partial charge in [-0.25, -0.2) is 4.98 Å². The summed E-state index contributed by atoms with van der Waals surface area (Å²) in [5.74, 6) is 2.20. The third-order valence-electron chi connectivity index (χ3n) is 8.93. The number of aryl methyl sites for hydroxylation is 2. The van der Waals surface area contributed by atoms with Crippen molar-refractivity contribution in [2.75, 3.05) is 32.8 Å². The topological polar surface area (TPSA) is 107 Å². The predicted molar refractivity (Wildman–Crippen MR) is 206 cm³/mol. The third kappa shape index (κ3) is 10.7. The summed E-state index contributed by atoms with van der Waals surface area (Å²) in [6.07, 6.45) is 5.76. The molecule has 1 fully saturated rings. The highest BCUT2D eigenvalue weighted by Gasteiger charge is 2.20. The molecule has 10 nitrogen and oxygen atoms in total. The molecule has 0 atom stereocenters. The quantitative estimate of drug-likeness (QED) is 0.0635. The van der Waals surface area contributed by atoms with Crippen LogP contribution < -0.4 is 14.2 Å². The Morgan fingerprint density at radius 2 is 1.53 bits per heavy atom. The highest BCUT2D eigenvalue weighted by molar-refractivity contribution is 6.32. The first-order valence-electron chi connectivity index (χ1n) is 17.5. The van der Waals surface area contributed by atoms with Gasteiger partial charge in [0.2, 0.25) is 11.8 Å². The van der Waals surface area contributed by atoms with Crippen molar-refractivity contribution in [1.82, 2.24) is 14.8 Å². The number of ether oxygens (including phenoxy) is 3. The number of nitro benzene ring substituents is 1. The lowest BCUT2D eigenvalue weighted by Crippen LogP contribution is -2.47. The number of aromatic nitrogens is 1. The summed E-state index contributed by atoms with van der Waals surface area (Å²) in [4.78, 5) is 32.0. The van der Waals surface area contributed by atoms with E-state index in [-0.39, 0.29) is 18.2 Å². The minimum atomic E-state index is -0.440. The second-order valence-electron chi connectivity index (χ2n) is 13.0. The van der Waals surface area contributed by atoms with E-state index < -0.39 is 4.92 Å². The van der Waals surface area contributed by atoms with Gasteiger partial charge in [0.05, 0.1) is 22.7 Å². The zero-order valence-corrected chi connectivity index (χ0v) is 30.5. The van der Waals surface area contributed by atoms with Gasteiger partial charge in [0.25, 0.3) is 5.69 Å². The standard InChI is InChI=1S/C42H41ClN4O6/c1-30-3-14-37(15-4-30)51-24-19-32-5-7-33(8-6-32)28-45-20-22-46(23-21-45)41(48)18-11-35-25-31(2)42(39(43)26-35)53-40-17-16-38(27-44-40)52-29-34-9-12-36(13-10-34)47(49)50/h3-18,25-27H,19-24,28-29H2,1-2H3. The van der Waals surface area contributed by atoms with Gasteiger partial charge >= 0.3 is 0 Å². The smallest absolute Gasteiger partial charge is 0.269 e. The maximum absolute atomic E-state index is 13.0. The van der Waals surface area contributed by atoms with Gasteiger partial charge < -0.3 is 19.1 Å². The molecule has 272 valence electrons. The van der Waals surface area contributed by atoms with E-state index in [2.05, 4.69) is 53.2 Å². The molecule has 6 rings (SSSR count). The van der Waals surface area contributed by atoms with Crippen LogP contribution in [0, 0.1) is 24.0 Å². The number of piperazine rings is 1. The minimum Gasteiger partial charge on any atom is -0.493 e. The maximum atomic E-state index is 13.0. The van der Waals surface area contributed by atoms with Crippen LogP contribution >= 0.6 is 11.6 Å². The minimum absolute atomic E-state index is 0.0273. The van der Waals surface area contributed by atoms with Crippen LogP contribution in [0.25, 0.3) is 6.08 Å². The summed E-state index contributed by atoms with van der Waals surface area (Å²) in [6, 6.07) is 30.1. The van der Waals surface area contributed by atoms with Crippen LogP contribution in [0.1, 0.15) is 33.4 Å². The van der Waals surface area contributed by atoms with Crippen molar-refractivity contribution in [1.29, 1.82) is 0 Å². The van der Waals surface area contributed by atoms with Crippen LogP contribution in [-0.2, 0) is 24.4 Å². The molecule has 0 radical (unpaired) electrons. The second kappa shape index (κ2) is 17.7. The average molecular weight is 733 g/mol. The van der Waals surface area contributed by atoms with Gasteiger partial charge in [-0.05, 0) is 90.2 Å². The predicted octanol–water partition coefficient (Wildman–Crippen LogP) is 8.61. The molecular formula is C42H41ClN4O6. The molecule has 0 unspecified atom stereocenters. The lowest BCUT2D eigenvalue weighted by atomic mass is 10.1. The van der Waals surface area contributed by atoms with Crippen molar-refractivity contribution < 1.29 is 23.9 Å². The lowest BCUT2D eigenvalue weighted by Gasteiger charge is -2.34. The van der Waals surface area contributed by atoms with Gasteiger partial charge in [0, 0.05) is 63.4 Å². The molecule has 0 bridgehead atoms. The molecule has 0 N–H and O–H groups in total. The number of non-ortho nitro benzene ring substituents is 1. The van der Waals surface area contributed by atoms with Gasteiger partial charge in [-0.2, -0.15) is 0 Å². The third-order valence-corrected chi connectivity index (χ3v) is 9.21. The van der Waals surface area contributed by atoms with Crippen LogP contribution in [0.3, 0.4) is 0 Å². The van der Waals surface area contributed by atoms with Crippen molar-refractivity contribution in [3.05, 3.63) is 158 Å². The zero-order chi connectivity index (χ0) is 37.2. The van der Waals surface area contributed by atoms with E-state index in [4.69, 9.17) is 25.8 Å². The number of halogens is 1. The number of pyridine rings is 1. The molecule has 0 saturated carbocycles. The fraction of sp³-hybridized carbons (Fsp3) is 0.238. The van der Waals surface area contributed by atoms with Gasteiger partial charge in [0.1, 0.15) is 18.1 Å². The molecule has 1 saturated heterocycles. The number of nitrogens with zero attached hydrogens (tertiary/aromatic N) is 4. The average Bonchev–Trinajstić information content (AvgIpc) is 3.17. The molecule has 1 aliphatic heterocycles. The van der Waals surface area contributed by atoms with Crippen LogP contribution in [-0.4, -0.2) is 58.4 Å². The first kappa shape index (κ1) is 37.1. The number of rotatable bonds is 14. The van der Waals surface area contributed by atoms with E-state index in [0.29, 0.717) is 42.1 Å². The molecule has 11 heteroatoms. The fourth-order valence-electron chi connectivity index (χ4n) is 5.87. The van der Waals surface area contributed by atoms with Crippen molar-refractivity contribution in [3.8, 4) is 23.1 Å². The van der Waals surface area contributed by atoms with E-state index in [1.54, 1.807) is 42.5 Å². The van der Waals surface area contributed by atoms with E-state index in [0.717, 1.165) is 48.5 Å². The number of hydrogen-bond acceptors (Lipinski definition) is 8. The summed E-state index contributed by atoms with van der Waals surface area (Å²) in [5, 5.41) is 11.2. The second-order valence-corrected chi connectivity index (χ2v) is 13.4. The van der Waals surface area contributed by atoms with Gasteiger partial charge in [-0.1, -0.05) is 53.6 Å². The van der Waals surface area contributed by atoms with E-state index in [1.807, 2.05) is 30.0 Å². The summed E-state index contributed by atoms with van der Waals surface area (Å²) >= 11 is 6.61. The molecule has 1 aromatic heterocycles. The van der Waals surface area contributed by atoms with Gasteiger partial charge in [-0.15, -0.1) is 0 Å². The Labute approximate surface area is 314 Å². The highest BCUT2D eigenvalue weighted by atomic mass is 35.5. The summed E-state index contributed by atoms with van der Waals surface area (Å²) in [7, 11) is 0. The SMILES string of the molecule is Cc1ccc(OCCc2ccc(CN3CCN(C(=O)C=Cc4cc(C)c(Oc5ccc(OCc6ccc([N+](=O)[O-])cc6)cn5)c(Cl)c4)CC3)cc2)cc1. The highest BCUT2D eigenvalue weighted by Crippen LogP contribution is 2.34. The Bertz CT molecular complexity index is 2000. The molecule has 1 amide bonds. The molecule has 0 spiro atoms. The van der Waals surface area contributed by atoms with E-state index in [1.165, 1.54) is 35.0 Å². The molecular weight excluding hydrogens is 692 g/mol. The molecule has 1 aliphatic rings. The van der Waals surface area contributed by atoms with Gasteiger partial charge in [-0.3, -0.25) is 19.8 Å². The summed E-state index contributed by atoms with van der Waals surface area (Å²) < 4.78 is 17.6. The first-order valence-corrected chi connectivity index (χ1v) is 17.8. The van der Waals surface area contributed by atoms with Crippen molar-refractivity contribution >= 4 is 29.3 Å². The monoisotopic (exact) mass is 732 g/mol. The van der Waals surface area contributed by atoms with E-state index >= 15 is 0 Å². The number of amides is 1. The van der Waals surface area contributed by atoms with Crippen LogP contribution in [0.5, 0.6) is 23.1 Å². The van der Waals surface area contributed by atoms with Crippen LogP contribution in [0.4, 0.5) is 5.69 Å². The van der Waals surface area contributed by atoms with E-state index in [9.17, 15) is 14.9 Å².